The quantitative estimate of drug-likeness (QED) is 0.773. The van der Waals surface area contributed by atoms with Gasteiger partial charge in [-0.2, -0.15) is 13.7 Å². The van der Waals surface area contributed by atoms with E-state index in [1.807, 2.05) is 0 Å². The predicted molar refractivity (Wildman–Crippen MR) is 59.8 cm³/mol. The molecule has 17 heavy (non-hydrogen) atoms. The first-order valence-corrected chi connectivity index (χ1v) is 6.41. The van der Waals surface area contributed by atoms with Crippen molar-refractivity contribution in [3.63, 3.8) is 0 Å². The van der Waals surface area contributed by atoms with Gasteiger partial charge in [0.15, 0.2) is 5.60 Å². The van der Waals surface area contributed by atoms with Crippen LogP contribution in [0.3, 0.4) is 0 Å². The molecule has 0 saturated heterocycles. The first-order valence-electron chi connectivity index (χ1n) is 4.83. The number of nitriles is 1. The van der Waals surface area contributed by atoms with Crippen molar-refractivity contribution in [2.45, 2.75) is 25.2 Å². The standard InChI is InChI=1S/C11H12FNO3S/c1-11(2,8-13)16-17(14,15)7-9-3-5-10(12)6-4-9/h3-6H,7H2,1-2H3. The van der Waals surface area contributed by atoms with Crippen LogP contribution < -0.4 is 0 Å². The van der Waals surface area contributed by atoms with Crippen LogP contribution in [0.4, 0.5) is 4.39 Å². The van der Waals surface area contributed by atoms with Gasteiger partial charge in [-0.25, -0.2) is 8.57 Å². The number of rotatable bonds is 4. The van der Waals surface area contributed by atoms with Crippen molar-refractivity contribution in [1.82, 2.24) is 0 Å². The lowest BCUT2D eigenvalue weighted by atomic mass is 10.2. The van der Waals surface area contributed by atoms with Crippen LogP contribution in [0.2, 0.25) is 0 Å². The van der Waals surface area contributed by atoms with E-state index in [0.717, 1.165) is 0 Å². The Kier molecular flexibility index (Phi) is 3.86. The van der Waals surface area contributed by atoms with Crippen molar-refractivity contribution in [2.24, 2.45) is 0 Å². The van der Waals surface area contributed by atoms with E-state index in [1.165, 1.54) is 38.1 Å². The Hall–Kier alpha value is -1.45. The van der Waals surface area contributed by atoms with Crippen molar-refractivity contribution in [3.05, 3.63) is 35.6 Å². The summed E-state index contributed by atoms with van der Waals surface area (Å²) < 4.78 is 40.5. The second-order valence-corrected chi connectivity index (χ2v) is 5.60. The number of halogens is 1. The molecule has 0 aromatic heterocycles. The van der Waals surface area contributed by atoms with Crippen LogP contribution in [0.15, 0.2) is 24.3 Å². The normalized spacial score (nSPS) is 12.1. The molecule has 0 bridgehead atoms. The molecule has 0 N–H and O–H groups in total. The number of hydrogen-bond acceptors (Lipinski definition) is 4. The van der Waals surface area contributed by atoms with E-state index in [-0.39, 0.29) is 0 Å². The van der Waals surface area contributed by atoms with Crippen LogP contribution in [-0.4, -0.2) is 14.0 Å². The number of hydrogen-bond donors (Lipinski definition) is 0. The predicted octanol–water partition coefficient (Wildman–Crippen LogP) is 1.97. The zero-order valence-electron chi connectivity index (χ0n) is 9.47. The molecule has 0 amide bonds. The molecule has 0 aliphatic carbocycles. The van der Waals surface area contributed by atoms with E-state index in [9.17, 15) is 12.8 Å². The summed E-state index contributed by atoms with van der Waals surface area (Å²) in [6.45, 7) is 2.71. The van der Waals surface area contributed by atoms with Gasteiger partial charge >= 0.3 is 0 Å². The van der Waals surface area contributed by atoms with Gasteiger partial charge in [0, 0.05) is 0 Å². The molecular formula is C11H12FNO3S. The highest BCUT2D eigenvalue weighted by Gasteiger charge is 2.26. The molecule has 1 aromatic carbocycles. The van der Waals surface area contributed by atoms with Crippen LogP contribution in [0.25, 0.3) is 0 Å². The van der Waals surface area contributed by atoms with Gasteiger partial charge < -0.3 is 0 Å². The minimum atomic E-state index is -3.86. The maximum atomic E-state index is 12.6. The summed E-state index contributed by atoms with van der Waals surface area (Å²) in [5.41, 5.74) is -1.00. The van der Waals surface area contributed by atoms with Gasteiger partial charge in [-0.05, 0) is 31.5 Å². The van der Waals surface area contributed by atoms with E-state index in [1.54, 1.807) is 6.07 Å². The Morgan fingerprint density at radius 1 is 1.35 bits per heavy atom. The largest absolute Gasteiger partial charge is 0.273 e. The van der Waals surface area contributed by atoms with Gasteiger partial charge in [0.1, 0.15) is 11.6 Å². The number of nitrogens with zero attached hydrogens (tertiary/aromatic N) is 1. The Balaban J connectivity index is 2.81. The summed E-state index contributed by atoms with van der Waals surface area (Å²) in [7, 11) is -3.86. The topological polar surface area (TPSA) is 67.2 Å². The third-order valence-corrected chi connectivity index (χ3v) is 3.22. The molecular weight excluding hydrogens is 245 g/mol. The zero-order chi connectivity index (χ0) is 13.1. The molecule has 0 unspecified atom stereocenters. The van der Waals surface area contributed by atoms with Gasteiger partial charge in [0.2, 0.25) is 0 Å². The van der Waals surface area contributed by atoms with Gasteiger partial charge in [-0.15, -0.1) is 0 Å². The Bertz CT molecular complexity index is 529. The third-order valence-electron chi connectivity index (χ3n) is 1.86. The van der Waals surface area contributed by atoms with Crippen LogP contribution in [0, 0.1) is 17.1 Å². The van der Waals surface area contributed by atoms with Crippen molar-refractivity contribution in [2.75, 3.05) is 0 Å². The lowest BCUT2D eigenvalue weighted by Gasteiger charge is -2.15. The summed E-state index contributed by atoms with van der Waals surface area (Å²) in [6, 6.07) is 6.78. The first-order chi connectivity index (χ1) is 7.74. The Morgan fingerprint density at radius 2 is 1.88 bits per heavy atom. The van der Waals surface area contributed by atoms with E-state index < -0.39 is 27.3 Å². The monoisotopic (exact) mass is 257 g/mol. The van der Waals surface area contributed by atoms with Crippen molar-refractivity contribution in [1.29, 1.82) is 5.26 Å². The Morgan fingerprint density at radius 3 is 2.35 bits per heavy atom. The molecule has 0 atom stereocenters. The SMILES string of the molecule is CC(C)(C#N)OS(=O)(=O)Cc1ccc(F)cc1. The fraction of sp³-hybridized carbons (Fsp3) is 0.364. The van der Waals surface area contributed by atoms with E-state index in [2.05, 4.69) is 0 Å². The van der Waals surface area contributed by atoms with E-state index >= 15 is 0 Å². The average Bonchev–Trinajstić information content (AvgIpc) is 2.20. The van der Waals surface area contributed by atoms with Crippen LogP contribution >= 0.6 is 0 Å². The molecule has 1 rings (SSSR count). The van der Waals surface area contributed by atoms with Crippen molar-refractivity contribution < 1.29 is 17.0 Å². The molecule has 0 spiro atoms. The van der Waals surface area contributed by atoms with Crippen LogP contribution in [-0.2, 0) is 20.1 Å². The minimum Gasteiger partial charge on any atom is -0.248 e. The van der Waals surface area contributed by atoms with Gasteiger partial charge in [0.05, 0.1) is 6.07 Å². The molecule has 1 aromatic rings. The molecule has 0 aliphatic rings. The van der Waals surface area contributed by atoms with Gasteiger partial charge in [-0.1, -0.05) is 12.1 Å². The summed E-state index contributed by atoms with van der Waals surface area (Å²) in [5.74, 6) is -0.831. The second kappa shape index (κ2) is 4.82. The smallest absolute Gasteiger partial charge is 0.248 e. The summed E-state index contributed by atoms with van der Waals surface area (Å²) >= 11 is 0. The highest BCUT2D eigenvalue weighted by atomic mass is 32.2. The molecule has 6 heteroatoms. The number of benzene rings is 1. The molecule has 0 radical (unpaired) electrons. The minimum absolute atomic E-state index is 0.390. The molecule has 0 saturated carbocycles. The van der Waals surface area contributed by atoms with Gasteiger partial charge in [0.25, 0.3) is 10.1 Å². The molecule has 4 nitrogen and oxygen atoms in total. The fourth-order valence-corrected chi connectivity index (χ4v) is 2.48. The van der Waals surface area contributed by atoms with Crippen molar-refractivity contribution >= 4 is 10.1 Å². The maximum Gasteiger partial charge on any atom is 0.273 e. The lowest BCUT2D eigenvalue weighted by Crippen LogP contribution is -2.26. The third kappa shape index (κ3) is 4.51. The summed E-state index contributed by atoms with van der Waals surface area (Å²) in [4.78, 5) is 0. The molecule has 92 valence electrons. The van der Waals surface area contributed by atoms with Crippen molar-refractivity contribution in [3.8, 4) is 6.07 Å². The average molecular weight is 257 g/mol. The van der Waals surface area contributed by atoms with Gasteiger partial charge in [-0.3, -0.25) is 0 Å². The lowest BCUT2D eigenvalue weighted by molar-refractivity contribution is 0.178. The second-order valence-electron chi connectivity index (χ2n) is 4.03. The maximum absolute atomic E-state index is 12.6. The van der Waals surface area contributed by atoms with E-state index in [0.29, 0.717) is 5.56 Å². The zero-order valence-corrected chi connectivity index (χ0v) is 10.3. The highest BCUT2D eigenvalue weighted by molar-refractivity contribution is 7.85. The first kappa shape index (κ1) is 13.6. The molecule has 0 aliphatic heterocycles. The van der Waals surface area contributed by atoms with Crippen LogP contribution in [0.1, 0.15) is 19.4 Å². The molecule has 0 fully saturated rings. The Labute approximate surface area is 99.8 Å². The van der Waals surface area contributed by atoms with Crippen LogP contribution in [0.5, 0.6) is 0 Å². The summed E-state index contributed by atoms with van der Waals surface area (Å²) in [5, 5.41) is 8.67. The molecule has 0 heterocycles. The van der Waals surface area contributed by atoms with E-state index in [4.69, 9.17) is 9.44 Å². The summed E-state index contributed by atoms with van der Waals surface area (Å²) in [6.07, 6.45) is 0. The fourth-order valence-electron chi connectivity index (χ4n) is 1.15. The highest BCUT2D eigenvalue weighted by Crippen LogP contribution is 2.16.